The van der Waals surface area contributed by atoms with Crippen molar-refractivity contribution in [2.24, 2.45) is 4.99 Å². The standard InChI is InChI=1S/C32H26ClN3O5S/c1-4-41-31(39)25-18(2)34-32-36(27(25)20-8-7-9-22(16-20)40-3)30(38)28(42-32)26-23-10-5-6-11-24(23)35(29(26)37)17-19-12-14-21(33)15-13-19/h5-16,27H,4,17H2,1-3H3/b28-26+/t27-/m1/s1. The number of rotatable bonds is 6. The molecule has 8 nitrogen and oxygen atoms in total. The molecule has 4 aromatic rings. The Hall–Kier alpha value is -4.47. The number of hydrogen-bond acceptors (Lipinski definition) is 7. The number of esters is 1. The van der Waals surface area contributed by atoms with Crippen molar-refractivity contribution < 1.29 is 19.1 Å². The van der Waals surface area contributed by atoms with E-state index in [1.54, 1.807) is 56.2 Å². The summed E-state index contributed by atoms with van der Waals surface area (Å²) in [7, 11) is 1.55. The monoisotopic (exact) mass is 599 g/mol. The van der Waals surface area contributed by atoms with Gasteiger partial charge in [-0.25, -0.2) is 9.79 Å². The molecule has 1 atom stereocenters. The van der Waals surface area contributed by atoms with E-state index in [9.17, 15) is 14.4 Å². The van der Waals surface area contributed by atoms with Crippen LogP contribution in [0.5, 0.6) is 5.75 Å². The van der Waals surface area contributed by atoms with E-state index in [4.69, 9.17) is 21.1 Å². The number of carbonyl (C=O) groups excluding carboxylic acids is 2. The lowest BCUT2D eigenvalue weighted by atomic mass is 9.95. The Morgan fingerprint density at radius 2 is 1.81 bits per heavy atom. The highest BCUT2D eigenvalue weighted by atomic mass is 35.5. The third kappa shape index (κ3) is 4.64. The summed E-state index contributed by atoms with van der Waals surface area (Å²) in [6.07, 6.45) is 0. The van der Waals surface area contributed by atoms with Crippen molar-refractivity contribution in [3.8, 4) is 5.75 Å². The third-order valence-corrected chi connectivity index (χ3v) is 8.61. The predicted octanol–water partition coefficient (Wildman–Crippen LogP) is 4.38. The van der Waals surface area contributed by atoms with Crippen molar-refractivity contribution in [3.63, 3.8) is 0 Å². The van der Waals surface area contributed by atoms with Crippen molar-refractivity contribution in [3.05, 3.63) is 125 Å². The Balaban J connectivity index is 1.57. The highest BCUT2D eigenvalue weighted by Crippen LogP contribution is 2.37. The fourth-order valence-electron chi connectivity index (χ4n) is 5.40. The van der Waals surface area contributed by atoms with Crippen LogP contribution in [0.3, 0.4) is 0 Å². The first-order chi connectivity index (χ1) is 20.3. The van der Waals surface area contributed by atoms with Gasteiger partial charge in [0, 0.05) is 10.6 Å². The number of allylic oxidation sites excluding steroid dienone is 1. The Morgan fingerprint density at radius 1 is 1.05 bits per heavy atom. The van der Waals surface area contributed by atoms with Gasteiger partial charge in [-0.3, -0.25) is 14.2 Å². The van der Waals surface area contributed by atoms with Crippen LogP contribution in [0.1, 0.15) is 36.6 Å². The summed E-state index contributed by atoms with van der Waals surface area (Å²) in [5, 5.41) is 0.608. The van der Waals surface area contributed by atoms with Gasteiger partial charge in [-0.15, -0.1) is 0 Å². The zero-order valence-corrected chi connectivity index (χ0v) is 24.7. The SMILES string of the molecule is CCOC(=O)C1=C(C)N=c2s/c(=C3/C(=O)N(Cc4ccc(Cl)cc4)c4ccccc43)c(=O)n2[C@@H]1c1cccc(OC)c1. The van der Waals surface area contributed by atoms with Gasteiger partial charge in [-0.05, 0) is 55.3 Å². The molecule has 10 heteroatoms. The fraction of sp³-hybridized carbons (Fsp3) is 0.188. The lowest BCUT2D eigenvalue weighted by Gasteiger charge is -2.25. The van der Waals surface area contributed by atoms with Crippen molar-refractivity contribution >= 4 is 46.1 Å². The van der Waals surface area contributed by atoms with Gasteiger partial charge in [-0.1, -0.05) is 65.4 Å². The van der Waals surface area contributed by atoms with Crippen molar-refractivity contribution in [2.45, 2.75) is 26.4 Å². The highest BCUT2D eigenvalue weighted by molar-refractivity contribution is 7.07. The van der Waals surface area contributed by atoms with Crippen LogP contribution in [0.25, 0.3) is 5.57 Å². The average molecular weight is 600 g/mol. The number of nitrogens with zero attached hydrogens (tertiary/aromatic N) is 3. The molecular formula is C32H26ClN3O5S. The van der Waals surface area contributed by atoms with E-state index in [-0.39, 0.29) is 22.6 Å². The van der Waals surface area contributed by atoms with E-state index in [1.165, 1.54) is 4.57 Å². The number of carbonyl (C=O) groups is 2. The Kier molecular flexibility index (Phi) is 7.30. The van der Waals surface area contributed by atoms with Crippen LogP contribution in [0.2, 0.25) is 5.02 Å². The van der Waals surface area contributed by atoms with E-state index < -0.39 is 17.6 Å². The summed E-state index contributed by atoms with van der Waals surface area (Å²) in [5.74, 6) is -0.260. The number of para-hydroxylation sites is 1. The molecule has 0 aliphatic carbocycles. The number of aromatic nitrogens is 1. The van der Waals surface area contributed by atoms with Gasteiger partial charge < -0.3 is 14.4 Å². The van der Waals surface area contributed by atoms with Gasteiger partial charge in [0.2, 0.25) is 0 Å². The first kappa shape index (κ1) is 27.7. The number of ether oxygens (including phenoxy) is 2. The number of halogens is 1. The summed E-state index contributed by atoms with van der Waals surface area (Å²) in [6, 6.07) is 21.1. The van der Waals surface area contributed by atoms with Gasteiger partial charge in [0.1, 0.15) is 10.3 Å². The predicted molar refractivity (Wildman–Crippen MR) is 161 cm³/mol. The second-order valence-electron chi connectivity index (χ2n) is 9.81. The van der Waals surface area contributed by atoms with Crippen LogP contribution in [0.15, 0.2) is 93.9 Å². The van der Waals surface area contributed by atoms with Gasteiger partial charge in [0.05, 0.1) is 48.8 Å². The molecule has 0 saturated carbocycles. The lowest BCUT2D eigenvalue weighted by Crippen LogP contribution is -2.41. The zero-order chi connectivity index (χ0) is 29.5. The largest absolute Gasteiger partial charge is 0.497 e. The molecule has 42 heavy (non-hydrogen) atoms. The Labute approximate surface area is 250 Å². The lowest BCUT2D eigenvalue weighted by molar-refractivity contribution is -0.139. The van der Waals surface area contributed by atoms with Gasteiger partial charge in [-0.2, -0.15) is 0 Å². The van der Waals surface area contributed by atoms with E-state index in [0.717, 1.165) is 16.9 Å². The molecule has 0 N–H and O–H groups in total. The van der Waals surface area contributed by atoms with Crippen LogP contribution < -0.4 is 24.5 Å². The third-order valence-electron chi connectivity index (χ3n) is 7.31. The van der Waals surface area contributed by atoms with Crippen LogP contribution in [-0.2, 0) is 20.9 Å². The smallest absolute Gasteiger partial charge is 0.338 e. The highest BCUT2D eigenvalue weighted by Gasteiger charge is 2.37. The molecule has 0 bridgehead atoms. The van der Waals surface area contributed by atoms with Gasteiger partial charge in [0.15, 0.2) is 4.80 Å². The van der Waals surface area contributed by atoms with Crippen molar-refractivity contribution in [1.82, 2.24) is 4.57 Å². The summed E-state index contributed by atoms with van der Waals surface area (Å²) < 4.78 is 12.6. The molecular weight excluding hydrogens is 574 g/mol. The average Bonchev–Trinajstić information content (AvgIpc) is 3.45. The molecule has 0 saturated heterocycles. The molecule has 0 fully saturated rings. The minimum absolute atomic E-state index is 0.170. The maximum Gasteiger partial charge on any atom is 0.338 e. The Bertz CT molecular complexity index is 1960. The normalized spacial score (nSPS) is 17.1. The van der Waals surface area contributed by atoms with E-state index in [0.29, 0.717) is 50.2 Å². The van der Waals surface area contributed by atoms with Crippen molar-refractivity contribution in [1.29, 1.82) is 0 Å². The zero-order valence-electron chi connectivity index (χ0n) is 23.1. The molecule has 1 aromatic heterocycles. The number of anilines is 1. The number of thiazole rings is 1. The number of fused-ring (bicyclic) bond motifs is 2. The van der Waals surface area contributed by atoms with Gasteiger partial charge >= 0.3 is 5.97 Å². The minimum atomic E-state index is -0.818. The quantitative estimate of drug-likeness (QED) is 0.307. The second kappa shape index (κ2) is 11.1. The molecule has 0 radical (unpaired) electrons. The second-order valence-corrected chi connectivity index (χ2v) is 11.2. The number of amides is 1. The molecule has 1 amide bonds. The number of benzene rings is 3. The molecule has 6 rings (SSSR count). The molecule has 0 unspecified atom stereocenters. The van der Waals surface area contributed by atoms with Crippen LogP contribution in [0, 0.1) is 0 Å². The van der Waals surface area contributed by atoms with E-state index in [2.05, 4.69) is 4.99 Å². The Morgan fingerprint density at radius 3 is 2.55 bits per heavy atom. The topological polar surface area (TPSA) is 90.2 Å². The van der Waals surface area contributed by atoms with Crippen LogP contribution in [0.4, 0.5) is 5.69 Å². The molecule has 2 aliphatic rings. The van der Waals surface area contributed by atoms with Crippen molar-refractivity contribution in [2.75, 3.05) is 18.6 Å². The summed E-state index contributed by atoms with van der Waals surface area (Å²) >= 11 is 7.21. The molecule has 0 spiro atoms. The number of methoxy groups -OCH3 is 1. The minimum Gasteiger partial charge on any atom is -0.497 e. The maximum absolute atomic E-state index is 14.3. The van der Waals surface area contributed by atoms with Crippen LogP contribution >= 0.6 is 22.9 Å². The molecule has 212 valence electrons. The number of hydrogen-bond donors (Lipinski definition) is 0. The first-order valence-electron chi connectivity index (χ1n) is 13.3. The summed E-state index contributed by atoms with van der Waals surface area (Å²) in [5.41, 5.74) is 3.55. The molecule has 3 aromatic carbocycles. The summed E-state index contributed by atoms with van der Waals surface area (Å²) in [4.78, 5) is 48.3. The molecule has 3 heterocycles. The maximum atomic E-state index is 14.3. The van der Waals surface area contributed by atoms with Crippen LogP contribution in [-0.4, -0.2) is 30.2 Å². The molecule has 2 aliphatic heterocycles. The van der Waals surface area contributed by atoms with E-state index >= 15 is 0 Å². The fourth-order valence-corrected chi connectivity index (χ4v) is 6.66. The summed E-state index contributed by atoms with van der Waals surface area (Å²) in [6.45, 7) is 3.94. The first-order valence-corrected chi connectivity index (χ1v) is 14.5. The van der Waals surface area contributed by atoms with E-state index in [1.807, 2.05) is 42.5 Å². The van der Waals surface area contributed by atoms with Gasteiger partial charge in [0.25, 0.3) is 11.5 Å².